The number of nitrogens with two attached hydrogens (primary N) is 6. The maximum atomic E-state index is 13.6. The number of rotatable bonds is 28. The number of aliphatic carboxylic acids is 1. The standard InChI is InChI=1S/C32H50N14O14/c1-12(47)25(31(58)45-19(32(59)60)9-24(38)52)46-28(55)16(3-5-21(35)49)42-30(57)18(8-23(37)51)44-27(54)15(2-4-20(34)48)41-29(56)17(6-13-10-39-11-40-13)43-26(53)14(33)7-22(36)50/h10-12,14-19,25,47H,2-9,33H2,1H3,(H2,34,48)(H2,35,49)(H2,36,50)(H2,37,51)(H2,38,52)(H,39,40)(H,41,56)(H,42,57)(H,43,53)(H,44,54)(H,45,58)(H,46,55)(H,59,60)/t12-,14+,15+,16+,17+,18+,19+,25+/m1/s1. The highest BCUT2D eigenvalue weighted by molar-refractivity contribution is 5.99. The lowest BCUT2D eigenvalue weighted by Crippen LogP contribution is -2.61. The van der Waals surface area contributed by atoms with Crippen LogP contribution in [0.3, 0.4) is 0 Å². The number of carboxylic acids is 1. The summed E-state index contributed by atoms with van der Waals surface area (Å²) in [5.41, 5.74) is 31.9. The smallest absolute Gasteiger partial charge is 0.326 e. The van der Waals surface area contributed by atoms with Crippen LogP contribution >= 0.6 is 0 Å². The van der Waals surface area contributed by atoms with Crippen molar-refractivity contribution in [2.24, 2.45) is 34.4 Å². The van der Waals surface area contributed by atoms with Crippen LogP contribution in [0.5, 0.6) is 0 Å². The van der Waals surface area contributed by atoms with Crippen molar-refractivity contribution in [3.63, 3.8) is 0 Å². The van der Waals surface area contributed by atoms with Gasteiger partial charge >= 0.3 is 5.97 Å². The van der Waals surface area contributed by atoms with Gasteiger partial charge in [-0.05, 0) is 19.8 Å². The van der Waals surface area contributed by atoms with Crippen LogP contribution in [0.2, 0.25) is 0 Å². The molecule has 1 aromatic rings. The molecule has 1 rings (SSSR count). The summed E-state index contributed by atoms with van der Waals surface area (Å²) in [4.78, 5) is 156. The van der Waals surface area contributed by atoms with Gasteiger partial charge in [0.05, 0.1) is 37.7 Å². The lowest BCUT2D eigenvalue weighted by molar-refractivity contribution is -0.144. The fourth-order valence-electron chi connectivity index (χ4n) is 5.07. The number of carbonyl (C=O) groups excluding carboxylic acids is 11. The number of primary amides is 5. The summed E-state index contributed by atoms with van der Waals surface area (Å²) in [5, 5.41) is 32.5. The largest absolute Gasteiger partial charge is 0.480 e. The van der Waals surface area contributed by atoms with E-state index in [0.717, 1.165) is 6.92 Å². The van der Waals surface area contributed by atoms with E-state index >= 15 is 0 Å². The number of imidazole rings is 1. The van der Waals surface area contributed by atoms with Gasteiger partial charge in [-0.15, -0.1) is 0 Å². The van der Waals surface area contributed by atoms with Gasteiger partial charge in [0.1, 0.15) is 36.3 Å². The minimum Gasteiger partial charge on any atom is -0.480 e. The maximum Gasteiger partial charge on any atom is 0.326 e. The Hall–Kier alpha value is -7.23. The van der Waals surface area contributed by atoms with E-state index < -0.39 is 164 Å². The second kappa shape index (κ2) is 24.5. The molecule has 1 heterocycles. The van der Waals surface area contributed by atoms with Gasteiger partial charge in [-0.3, -0.25) is 52.7 Å². The highest BCUT2D eigenvalue weighted by Crippen LogP contribution is 2.08. The molecule has 0 aliphatic carbocycles. The van der Waals surface area contributed by atoms with Crippen molar-refractivity contribution in [3.8, 4) is 0 Å². The molecular weight excluding hydrogens is 804 g/mol. The third-order valence-corrected chi connectivity index (χ3v) is 8.12. The number of H-pyrrole nitrogens is 1. The predicted molar refractivity (Wildman–Crippen MR) is 199 cm³/mol. The molecular formula is C32H50N14O14. The third-order valence-electron chi connectivity index (χ3n) is 8.12. The van der Waals surface area contributed by atoms with E-state index in [1.165, 1.54) is 12.5 Å². The number of hydrogen-bond acceptors (Lipinski definition) is 15. The zero-order chi connectivity index (χ0) is 45.9. The van der Waals surface area contributed by atoms with Crippen molar-refractivity contribution in [1.82, 2.24) is 41.9 Å². The molecule has 0 unspecified atom stereocenters. The molecule has 332 valence electrons. The average molecular weight is 855 g/mol. The fraction of sp³-hybridized carbons (Fsp3) is 0.531. The van der Waals surface area contributed by atoms with E-state index in [4.69, 9.17) is 34.4 Å². The van der Waals surface area contributed by atoms with Crippen LogP contribution in [0.1, 0.15) is 57.6 Å². The van der Waals surface area contributed by atoms with Crippen LogP contribution in [0.25, 0.3) is 0 Å². The van der Waals surface area contributed by atoms with Gasteiger partial charge in [-0.25, -0.2) is 9.78 Å². The Morgan fingerprint density at radius 1 is 0.583 bits per heavy atom. The van der Waals surface area contributed by atoms with E-state index in [2.05, 4.69) is 36.6 Å². The first-order valence-electron chi connectivity index (χ1n) is 17.8. The van der Waals surface area contributed by atoms with E-state index in [1.807, 2.05) is 5.32 Å². The van der Waals surface area contributed by atoms with Crippen molar-refractivity contribution >= 4 is 70.9 Å². The van der Waals surface area contributed by atoms with Gasteiger partial charge in [0.25, 0.3) is 0 Å². The summed E-state index contributed by atoms with van der Waals surface area (Å²) in [6.07, 6.45) is -4.08. The quantitative estimate of drug-likeness (QED) is 0.0372. The first kappa shape index (κ1) is 50.8. The van der Waals surface area contributed by atoms with E-state index in [9.17, 15) is 67.7 Å². The predicted octanol–water partition coefficient (Wildman–Crippen LogP) is -9.19. The van der Waals surface area contributed by atoms with Crippen LogP contribution in [-0.2, 0) is 64.0 Å². The van der Waals surface area contributed by atoms with Crippen molar-refractivity contribution in [3.05, 3.63) is 18.2 Å². The molecule has 60 heavy (non-hydrogen) atoms. The van der Waals surface area contributed by atoms with Crippen LogP contribution in [-0.4, -0.2) is 140 Å². The van der Waals surface area contributed by atoms with Crippen LogP contribution in [0.15, 0.2) is 12.5 Å². The molecule has 21 N–H and O–H groups in total. The molecule has 0 aliphatic heterocycles. The number of aromatic amines is 1. The van der Waals surface area contributed by atoms with Gasteiger partial charge < -0.3 is 81.5 Å². The Kier molecular flexibility index (Phi) is 20.8. The van der Waals surface area contributed by atoms with Gasteiger partial charge in [0.15, 0.2) is 0 Å². The zero-order valence-electron chi connectivity index (χ0n) is 32.1. The molecule has 0 radical (unpaired) electrons. The van der Waals surface area contributed by atoms with Crippen molar-refractivity contribution in [2.75, 3.05) is 0 Å². The maximum absolute atomic E-state index is 13.6. The number of nitrogens with zero attached hydrogens (tertiary/aromatic N) is 1. The summed E-state index contributed by atoms with van der Waals surface area (Å²) in [5.74, 6) is -14.0. The average Bonchev–Trinajstić information content (AvgIpc) is 3.64. The van der Waals surface area contributed by atoms with Crippen molar-refractivity contribution in [1.29, 1.82) is 0 Å². The van der Waals surface area contributed by atoms with E-state index in [0.29, 0.717) is 5.69 Å². The molecule has 0 spiro atoms. The van der Waals surface area contributed by atoms with Crippen molar-refractivity contribution < 1.29 is 67.7 Å². The molecule has 0 aromatic carbocycles. The first-order chi connectivity index (χ1) is 27.9. The molecule has 8 atom stereocenters. The van der Waals surface area contributed by atoms with Crippen LogP contribution in [0, 0.1) is 0 Å². The summed E-state index contributed by atoms with van der Waals surface area (Å²) in [6.45, 7) is 1.02. The number of aliphatic hydroxyl groups is 1. The van der Waals surface area contributed by atoms with Gasteiger partial charge in [-0.1, -0.05) is 0 Å². The topological polar surface area (TPSA) is 502 Å². The molecule has 0 aliphatic rings. The molecule has 28 nitrogen and oxygen atoms in total. The number of aliphatic hydroxyl groups excluding tert-OH is 1. The molecule has 0 fully saturated rings. The second-order valence-electron chi connectivity index (χ2n) is 13.3. The lowest BCUT2D eigenvalue weighted by Gasteiger charge is -2.27. The number of hydrogen-bond donors (Lipinski definition) is 15. The van der Waals surface area contributed by atoms with E-state index in [1.54, 1.807) is 0 Å². The summed E-state index contributed by atoms with van der Waals surface area (Å²) in [7, 11) is 0. The number of amides is 11. The molecule has 28 heteroatoms. The van der Waals surface area contributed by atoms with E-state index in [-0.39, 0.29) is 6.42 Å². The Morgan fingerprint density at radius 2 is 1.00 bits per heavy atom. The Morgan fingerprint density at radius 3 is 1.43 bits per heavy atom. The molecule has 1 aromatic heterocycles. The highest BCUT2D eigenvalue weighted by atomic mass is 16.4. The zero-order valence-corrected chi connectivity index (χ0v) is 32.1. The van der Waals surface area contributed by atoms with Crippen LogP contribution < -0.4 is 66.3 Å². The molecule has 0 saturated heterocycles. The summed E-state index contributed by atoms with van der Waals surface area (Å²) in [6, 6.07) is -12.3. The fourth-order valence-corrected chi connectivity index (χ4v) is 5.07. The monoisotopic (exact) mass is 854 g/mol. The van der Waals surface area contributed by atoms with Gasteiger partial charge in [-0.2, -0.15) is 0 Å². The summed E-state index contributed by atoms with van der Waals surface area (Å²) >= 11 is 0. The summed E-state index contributed by atoms with van der Waals surface area (Å²) < 4.78 is 0. The first-order valence-corrected chi connectivity index (χ1v) is 17.8. The highest BCUT2D eigenvalue weighted by Gasteiger charge is 2.36. The van der Waals surface area contributed by atoms with Crippen LogP contribution in [0.4, 0.5) is 0 Å². The van der Waals surface area contributed by atoms with Gasteiger partial charge in [0, 0.05) is 31.2 Å². The molecule has 0 bridgehead atoms. The van der Waals surface area contributed by atoms with Gasteiger partial charge in [0.2, 0.25) is 65.0 Å². The van der Waals surface area contributed by atoms with Crippen molar-refractivity contribution in [2.45, 2.75) is 107 Å². The SMILES string of the molecule is C[C@@H](O)[C@H](NC(=O)[C@H](CCC(N)=O)NC(=O)[C@H](CC(N)=O)NC(=O)[C@H](CCC(N)=O)NC(=O)[C@H](Cc1cnc[nH]1)NC(=O)[C@@H](N)CC(N)=O)C(=O)N[C@@H](CC(N)=O)C(=O)O. The number of carboxylic acid groups (broad SMARTS) is 1. The Balaban J connectivity index is 3.41. The minimum absolute atomic E-state index is 0.280. The number of aromatic nitrogens is 2. The lowest BCUT2D eigenvalue weighted by atomic mass is 10.0. The second-order valence-corrected chi connectivity index (χ2v) is 13.3. The molecule has 0 saturated carbocycles. The molecule has 11 amide bonds. The Labute approximate surface area is 339 Å². The number of nitrogens with one attached hydrogen (secondary N) is 7. The third kappa shape index (κ3) is 18.8. The number of carbonyl (C=O) groups is 12. The Bertz CT molecular complexity index is 1770. The normalized spacial score (nSPS) is 14.8. The minimum atomic E-state index is -1.94.